The van der Waals surface area contributed by atoms with Crippen LogP contribution < -0.4 is 10.6 Å². The van der Waals surface area contributed by atoms with Crippen molar-refractivity contribution in [1.29, 1.82) is 0 Å². The molecule has 2 N–H and O–H groups in total. The van der Waals surface area contributed by atoms with E-state index < -0.39 is 0 Å². The maximum Gasteiger partial charge on any atom is 0.237 e. The van der Waals surface area contributed by atoms with Crippen molar-refractivity contribution in [3.63, 3.8) is 0 Å². The maximum atomic E-state index is 12.1. The van der Waals surface area contributed by atoms with Crippen LogP contribution in [-0.2, 0) is 16.1 Å². The molecule has 1 atom stereocenters. The smallest absolute Gasteiger partial charge is 0.237 e. The van der Waals surface area contributed by atoms with Crippen LogP contribution in [0.5, 0.6) is 0 Å². The molecule has 6 heteroatoms. The van der Waals surface area contributed by atoms with Crippen LogP contribution in [0, 0.1) is 0 Å². The predicted octanol–water partition coefficient (Wildman–Crippen LogP) is 1.34. The van der Waals surface area contributed by atoms with E-state index in [0.29, 0.717) is 13.1 Å². The number of benzene rings is 1. The first-order valence-electron chi connectivity index (χ1n) is 7.37. The molecule has 0 spiro atoms. The van der Waals surface area contributed by atoms with Crippen LogP contribution in [0.4, 0.5) is 0 Å². The van der Waals surface area contributed by atoms with Gasteiger partial charge in [0.1, 0.15) is 0 Å². The minimum Gasteiger partial charge on any atom is -0.359 e. The zero-order chi connectivity index (χ0) is 15.5. The zero-order valence-corrected chi connectivity index (χ0v) is 13.3. The molecule has 5 nitrogen and oxygen atoms in total. The first-order chi connectivity index (χ1) is 10.7. The van der Waals surface area contributed by atoms with E-state index in [1.54, 1.807) is 18.4 Å². The SMILES string of the molecule is CNC(=O)C[C@H]1C(=O)NCCN1Cc1cc2ccccc2s1. The Morgan fingerprint density at radius 1 is 1.45 bits per heavy atom. The number of piperazine rings is 1. The van der Waals surface area contributed by atoms with Crippen molar-refractivity contribution in [1.82, 2.24) is 15.5 Å². The molecule has 0 saturated carbocycles. The predicted molar refractivity (Wildman–Crippen MR) is 87.7 cm³/mol. The second kappa shape index (κ2) is 6.46. The Hall–Kier alpha value is -1.92. The van der Waals surface area contributed by atoms with Gasteiger partial charge in [0.25, 0.3) is 0 Å². The first kappa shape index (κ1) is 15.0. The highest BCUT2D eigenvalue weighted by molar-refractivity contribution is 7.19. The van der Waals surface area contributed by atoms with Crippen LogP contribution in [0.1, 0.15) is 11.3 Å². The minimum absolute atomic E-state index is 0.0593. The Balaban J connectivity index is 1.78. The molecule has 2 heterocycles. The van der Waals surface area contributed by atoms with Crippen molar-refractivity contribution in [2.45, 2.75) is 19.0 Å². The molecule has 1 fully saturated rings. The molecule has 2 amide bonds. The molecule has 0 aliphatic carbocycles. The standard InChI is InChI=1S/C16H19N3O2S/c1-17-15(20)9-13-16(21)18-6-7-19(13)10-12-8-11-4-2-3-5-14(11)22-12/h2-5,8,13H,6-7,9-10H2,1H3,(H,17,20)(H,18,21)/t13-/m0/s1. The first-order valence-corrected chi connectivity index (χ1v) is 8.19. The molecule has 1 saturated heterocycles. The number of fused-ring (bicyclic) bond motifs is 1. The van der Waals surface area contributed by atoms with E-state index >= 15 is 0 Å². The van der Waals surface area contributed by atoms with Crippen LogP contribution in [0.3, 0.4) is 0 Å². The van der Waals surface area contributed by atoms with E-state index in [9.17, 15) is 9.59 Å². The van der Waals surface area contributed by atoms with Gasteiger partial charge in [-0.15, -0.1) is 11.3 Å². The summed E-state index contributed by atoms with van der Waals surface area (Å²) in [5.41, 5.74) is 0. The highest BCUT2D eigenvalue weighted by Gasteiger charge is 2.31. The molecule has 1 aliphatic heterocycles. The lowest BCUT2D eigenvalue weighted by Gasteiger charge is -2.34. The van der Waals surface area contributed by atoms with Crippen molar-refractivity contribution in [3.8, 4) is 0 Å². The summed E-state index contributed by atoms with van der Waals surface area (Å²) in [6, 6.07) is 10.0. The number of amides is 2. The summed E-state index contributed by atoms with van der Waals surface area (Å²) in [4.78, 5) is 27.1. The van der Waals surface area contributed by atoms with E-state index in [1.807, 2.05) is 12.1 Å². The number of nitrogens with zero attached hydrogens (tertiary/aromatic N) is 1. The van der Waals surface area contributed by atoms with Gasteiger partial charge in [-0.25, -0.2) is 0 Å². The fraction of sp³-hybridized carbons (Fsp3) is 0.375. The lowest BCUT2D eigenvalue weighted by atomic mass is 10.1. The Morgan fingerprint density at radius 3 is 3.05 bits per heavy atom. The fourth-order valence-electron chi connectivity index (χ4n) is 2.77. The van der Waals surface area contributed by atoms with Crippen LogP contribution >= 0.6 is 11.3 Å². The lowest BCUT2D eigenvalue weighted by molar-refractivity contribution is -0.134. The summed E-state index contributed by atoms with van der Waals surface area (Å²) in [6.45, 7) is 2.10. The summed E-state index contributed by atoms with van der Waals surface area (Å²) in [5, 5.41) is 6.67. The Labute approximate surface area is 133 Å². The van der Waals surface area contributed by atoms with Crippen molar-refractivity contribution >= 4 is 33.2 Å². The molecule has 1 aromatic heterocycles. The normalized spacial score (nSPS) is 19.1. The van der Waals surface area contributed by atoms with Crippen LogP contribution in [0.15, 0.2) is 30.3 Å². The van der Waals surface area contributed by atoms with Gasteiger partial charge in [-0.3, -0.25) is 14.5 Å². The topological polar surface area (TPSA) is 61.4 Å². The van der Waals surface area contributed by atoms with Gasteiger partial charge in [0.2, 0.25) is 11.8 Å². The Kier molecular flexibility index (Phi) is 4.40. The van der Waals surface area contributed by atoms with Crippen molar-refractivity contribution in [2.24, 2.45) is 0 Å². The second-order valence-electron chi connectivity index (χ2n) is 5.41. The molecule has 2 aromatic rings. The number of thiophene rings is 1. The number of rotatable bonds is 4. The van der Waals surface area contributed by atoms with Gasteiger partial charge in [0.05, 0.1) is 12.5 Å². The van der Waals surface area contributed by atoms with Crippen LogP contribution in [-0.4, -0.2) is 42.9 Å². The summed E-state index contributed by atoms with van der Waals surface area (Å²) in [6.07, 6.45) is 0.202. The number of carbonyl (C=O) groups excluding carboxylic acids is 2. The summed E-state index contributed by atoms with van der Waals surface area (Å²) >= 11 is 1.74. The monoisotopic (exact) mass is 317 g/mol. The number of nitrogens with one attached hydrogen (secondary N) is 2. The summed E-state index contributed by atoms with van der Waals surface area (Å²) in [7, 11) is 1.60. The highest BCUT2D eigenvalue weighted by atomic mass is 32.1. The number of carbonyl (C=O) groups is 2. The van der Waals surface area contributed by atoms with E-state index in [0.717, 1.165) is 6.54 Å². The average Bonchev–Trinajstić information content (AvgIpc) is 2.92. The van der Waals surface area contributed by atoms with Crippen LogP contribution in [0.25, 0.3) is 10.1 Å². The third-order valence-electron chi connectivity index (χ3n) is 3.93. The van der Waals surface area contributed by atoms with Gasteiger partial charge in [-0.05, 0) is 17.5 Å². The lowest BCUT2D eigenvalue weighted by Crippen LogP contribution is -2.55. The van der Waals surface area contributed by atoms with Gasteiger partial charge in [-0.1, -0.05) is 18.2 Å². The molecule has 3 rings (SSSR count). The zero-order valence-electron chi connectivity index (χ0n) is 12.5. The van der Waals surface area contributed by atoms with Gasteiger partial charge in [-0.2, -0.15) is 0 Å². The maximum absolute atomic E-state index is 12.1. The van der Waals surface area contributed by atoms with Gasteiger partial charge >= 0.3 is 0 Å². The van der Waals surface area contributed by atoms with E-state index in [2.05, 4.69) is 33.7 Å². The second-order valence-corrected chi connectivity index (χ2v) is 6.57. The quantitative estimate of drug-likeness (QED) is 0.894. The van der Waals surface area contributed by atoms with E-state index in [4.69, 9.17) is 0 Å². The third kappa shape index (κ3) is 3.13. The van der Waals surface area contributed by atoms with Gasteiger partial charge < -0.3 is 10.6 Å². The molecule has 0 unspecified atom stereocenters. The van der Waals surface area contributed by atoms with Crippen molar-refractivity contribution < 1.29 is 9.59 Å². The minimum atomic E-state index is -0.390. The molecular formula is C16H19N3O2S. The molecular weight excluding hydrogens is 298 g/mol. The van der Waals surface area contributed by atoms with Crippen LogP contribution in [0.2, 0.25) is 0 Å². The Morgan fingerprint density at radius 2 is 2.27 bits per heavy atom. The Bertz CT molecular complexity index is 665. The highest BCUT2D eigenvalue weighted by Crippen LogP contribution is 2.27. The van der Waals surface area contributed by atoms with Gasteiger partial charge in [0, 0.05) is 36.3 Å². The summed E-state index contributed by atoms with van der Waals surface area (Å²) < 4.78 is 1.25. The summed E-state index contributed by atoms with van der Waals surface area (Å²) in [5.74, 6) is -0.167. The molecule has 0 bridgehead atoms. The van der Waals surface area contributed by atoms with E-state index in [1.165, 1.54) is 15.0 Å². The molecule has 0 radical (unpaired) electrons. The average molecular weight is 317 g/mol. The fourth-order valence-corrected chi connectivity index (χ4v) is 3.86. The largest absolute Gasteiger partial charge is 0.359 e. The third-order valence-corrected chi connectivity index (χ3v) is 5.04. The van der Waals surface area contributed by atoms with Gasteiger partial charge in [0.15, 0.2) is 0 Å². The molecule has 22 heavy (non-hydrogen) atoms. The molecule has 1 aliphatic rings. The van der Waals surface area contributed by atoms with E-state index in [-0.39, 0.29) is 24.3 Å². The number of hydrogen-bond acceptors (Lipinski definition) is 4. The van der Waals surface area contributed by atoms with Crippen molar-refractivity contribution in [3.05, 3.63) is 35.2 Å². The molecule has 1 aromatic carbocycles. The number of hydrogen-bond donors (Lipinski definition) is 2. The van der Waals surface area contributed by atoms with Crippen molar-refractivity contribution in [2.75, 3.05) is 20.1 Å². The molecule has 116 valence electrons.